The van der Waals surface area contributed by atoms with Crippen LogP contribution >= 0.6 is 11.8 Å². The molecule has 0 atom stereocenters. The second kappa shape index (κ2) is 11.9. The van der Waals surface area contributed by atoms with Gasteiger partial charge in [-0.2, -0.15) is 0 Å². The molecule has 0 aliphatic carbocycles. The van der Waals surface area contributed by atoms with Crippen LogP contribution in [0.25, 0.3) is 0 Å². The first-order valence-electron chi connectivity index (χ1n) is 8.87. The van der Waals surface area contributed by atoms with E-state index in [9.17, 15) is 14.4 Å². The molecule has 2 aromatic rings. The van der Waals surface area contributed by atoms with Gasteiger partial charge in [0.05, 0.1) is 25.0 Å². The molecule has 1 amide bonds. The molecule has 0 spiro atoms. The third-order valence-corrected chi connectivity index (χ3v) is 4.91. The summed E-state index contributed by atoms with van der Waals surface area (Å²) in [5, 5.41) is 2.71. The lowest BCUT2D eigenvalue weighted by atomic mass is 10.1. The van der Waals surface area contributed by atoms with Crippen LogP contribution in [0.3, 0.4) is 0 Å². The number of carbonyl (C=O) groups excluding carboxylic acids is 3. The molecule has 8 heteroatoms. The van der Waals surface area contributed by atoms with Crippen LogP contribution in [-0.4, -0.2) is 57.4 Å². The number of thioether (sulfide) groups is 1. The predicted octanol–water partition coefficient (Wildman–Crippen LogP) is 2.59. The number of benzene rings is 2. The second-order valence-electron chi connectivity index (χ2n) is 5.86. The van der Waals surface area contributed by atoms with E-state index in [1.165, 1.54) is 18.9 Å². The van der Waals surface area contributed by atoms with E-state index in [-0.39, 0.29) is 24.1 Å². The van der Waals surface area contributed by atoms with Gasteiger partial charge in [0.1, 0.15) is 5.75 Å². The zero-order valence-electron chi connectivity index (χ0n) is 16.3. The highest BCUT2D eigenvalue weighted by Gasteiger charge is 2.16. The molecule has 7 nitrogen and oxygen atoms in total. The van der Waals surface area contributed by atoms with Crippen molar-refractivity contribution in [2.24, 2.45) is 0 Å². The third-order valence-electron chi connectivity index (χ3n) is 3.84. The summed E-state index contributed by atoms with van der Waals surface area (Å²) >= 11 is 1.22. The first-order valence-corrected chi connectivity index (χ1v) is 9.85. The summed E-state index contributed by atoms with van der Waals surface area (Å²) in [6, 6.07) is 13.4. The summed E-state index contributed by atoms with van der Waals surface area (Å²) < 4.78 is 15.1. The van der Waals surface area contributed by atoms with Gasteiger partial charge in [0.2, 0.25) is 5.91 Å². The van der Waals surface area contributed by atoms with Crippen LogP contribution in [0.1, 0.15) is 20.7 Å². The molecule has 0 heterocycles. The van der Waals surface area contributed by atoms with Crippen molar-refractivity contribution in [2.45, 2.75) is 4.90 Å². The highest BCUT2D eigenvalue weighted by Crippen LogP contribution is 2.23. The van der Waals surface area contributed by atoms with Crippen molar-refractivity contribution in [1.29, 1.82) is 0 Å². The van der Waals surface area contributed by atoms with Gasteiger partial charge in [-0.15, -0.1) is 11.8 Å². The Balaban J connectivity index is 1.91. The predicted molar refractivity (Wildman–Crippen MR) is 110 cm³/mol. The zero-order chi connectivity index (χ0) is 21.1. The number of ketones is 1. The lowest BCUT2D eigenvalue weighted by Gasteiger charge is -2.09. The number of nitrogens with one attached hydrogen (secondary N) is 1. The Labute approximate surface area is 173 Å². The average Bonchev–Trinajstić information content (AvgIpc) is 2.76. The van der Waals surface area contributed by atoms with E-state index in [2.05, 4.69) is 5.32 Å². The van der Waals surface area contributed by atoms with Crippen LogP contribution in [0.4, 0.5) is 0 Å². The van der Waals surface area contributed by atoms with Crippen LogP contribution in [-0.2, 0) is 14.3 Å². The molecular formula is C21H23NO6S. The highest BCUT2D eigenvalue weighted by molar-refractivity contribution is 8.00. The zero-order valence-corrected chi connectivity index (χ0v) is 17.1. The van der Waals surface area contributed by atoms with Gasteiger partial charge in [0.25, 0.3) is 0 Å². The Morgan fingerprint density at radius 2 is 1.72 bits per heavy atom. The molecule has 0 aliphatic rings. The molecule has 0 bridgehead atoms. The van der Waals surface area contributed by atoms with E-state index in [4.69, 9.17) is 14.2 Å². The van der Waals surface area contributed by atoms with Crippen molar-refractivity contribution >= 4 is 29.4 Å². The van der Waals surface area contributed by atoms with Gasteiger partial charge in [-0.3, -0.25) is 9.59 Å². The fraction of sp³-hybridized carbons (Fsp3) is 0.286. The maximum absolute atomic E-state index is 12.4. The number of carbonyl (C=O) groups is 3. The Morgan fingerprint density at radius 3 is 2.41 bits per heavy atom. The molecule has 0 unspecified atom stereocenters. The third kappa shape index (κ3) is 7.24. The smallest absolute Gasteiger partial charge is 0.339 e. The van der Waals surface area contributed by atoms with E-state index in [1.807, 2.05) is 0 Å². The van der Waals surface area contributed by atoms with Crippen molar-refractivity contribution in [3.63, 3.8) is 0 Å². The Morgan fingerprint density at radius 1 is 1.00 bits per heavy atom. The fourth-order valence-corrected chi connectivity index (χ4v) is 3.19. The van der Waals surface area contributed by atoms with Gasteiger partial charge in [-0.25, -0.2) is 4.79 Å². The Hall–Kier alpha value is -2.84. The van der Waals surface area contributed by atoms with Crippen LogP contribution in [0.2, 0.25) is 0 Å². The number of esters is 1. The molecule has 0 saturated heterocycles. The minimum absolute atomic E-state index is 0.152. The van der Waals surface area contributed by atoms with Crippen molar-refractivity contribution in [1.82, 2.24) is 5.32 Å². The lowest BCUT2D eigenvalue weighted by Crippen LogP contribution is -2.28. The molecule has 154 valence electrons. The average molecular weight is 417 g/mol. The topological polar surface area (TPSA) is 90.9 Å². The van der Waals surface area contributed by atoms with E-state index < -0.39 is 5.97 Å². The van der Waals surface area contributed by atoms with E-state index in [0.717, 1.165) is 0 Å². The van der Waals surface area contributed by atoms with Crippen molar-refractivity contribution in [3.05, 3.63) is 59.7 Å². The molecule has 2 aromatic carbocycles. The van der Waals surface area contributed by atoms with Crippen LogP contribution in [0, 0.1) is 0 Å². The summed E-state index contributed by atoms with van der Waals surface area (Å²) in [4.78, 5) is 37.1. The van der Waals surface area contributed by atoms with Gasteiger partial charge in [0, 0.05) is 24.1 Å². The number of hydrogen-bond donors (Lipinski definition) is 1. The molecule has 1 N–H and O–H groups in total. The summed E-state index contributed by atoms with van der Waals surface area (Å²) in [6.07, 6.45) is 0. The SMILES string of the molecule is COCCNC(=O)CSc1ccccc1C(=O)OCC(=O)c1ccc(OC)cc1. The molecular weight excluding hydrogens is 394 g/mol. The largest absolute Gasteiger partial charge is 0.497 e. The van der Waals surface area contributed by atoms with Crippen LogP contribution in [0.15, 0.2) is 53.4 Å². The monoisotopic (exact) mass is 417 g/mol. The van der Waals surface area contributed by atoms with Gasteiger partial charge in [-0.05, 0) is 36.4 Å². The summed E-state index contributed by atoms with van der Waals surface area (Å²) in [6.45, 7) is 0.482. The number of hydrogen-bond acceptors (Lipinski definition) is 7. The summed E-state index contributed by atoms with van der Waals surface area (Å²) in [5.41, 5.74) is 0.735. The Kier molecular flexibility index (Phi) is 9.20. The van der Waals surface area contributed by atoms with E-state index in [0.29, 0.717) is 34.9 Å². The fourth-order valence-electron chi connectivity index (χ4n) is 2.32. The molecule has 29 heavy (non-hydrogen) atoms. The van der Waals surface area contributed by atoms with Crippen LogP contribution < -0.4 is 10.1 Å². The van der Waals surface area contributed by atoms with Crippen molar-refractivity contribution < 1.29 is 28.6 Å². The van der Waals surface area contributed by atoms with E-state index in [1.54, 1.807) is 55.6 Å². The number of Topliss-reactive ketones (excluding diaryl/α,β-unsaturated/α-hetero) is 1. The molecule has 0 aliphatic heterocycles. The minimum atomic E-state index is -0.616. The molecule has 2 rings (SSSR count). The standard InChI is InChI=1S/C21H23NO6S/c1-26-12-11-22-20(24)14-29-19-6-4-3-5-17(19)21(25)28-13-18(23)15-7-9-16(27-2)10-8-15/h3-10H,11-14H2,1-2H3,(H,22,24). The molecule has 0 radical (unpaired) electrons. The Bertz CT molecular complexity index is 837. The highest BCUT2D eigenvalue weighted by atomic mass is 32.2. The normalized spacial score (nSPS) is 10.3. The van der Waals surface area contributed by atoms with Crippen LogP contribution in [0.5, 0.6) is 5.75 Å². The molecule has 0 aromatic heterocycles. The number of methoxy groups -OCH3 is 2. The lowest BCUT2D eigenvalue weighted by molar-refractivity contribution is -0.118. The molecule has 0 saturated carbocycles. The van der Waals surface area contributed by atoms with Crippen molar-refractivity contribution in [2.75, 3.05) is 39.7 Å². The molecule has 0 fully saturated rings. The van der Waals surface area contributed by atoms with E-state index >= 15 is 0 Å². The van der Waals surface area contributed by atoms with Gasteiger partial charge < -0.3 is 19.5 Å². The first-order chi connectivity index (χ1) is 14.0. The quantitative estimate of drug-likeness (QED) is 0.260. The van der Waals surface area contributed by atoms with Gasteiger partial charge in [-0.1, -0.05) is 12.1 Å². The number of amides is 1. The van der Waals surface area contributed by atoms with Gasteiger partial charge in [0.15, 0.2) is 12.4 Å². The minimum Gasteiger partial charge on any atom is -0.497 e. The van der Waals surface area contributed by atoms with Crippen molar-refractivity contribution in [3.8, 4) is 5.75 Å². The number of ether oxygens (including phenoxy) is 3. The second-order valence-corrected chi connectivity index (χ2v) is 6.87. The first kappa shape index (κ1) is 22.4. The summed E-state index contributed by atoms with van der Waals surface area (Å²) in [5.74, 6) is -0.308. The number of rotatable bonds is 11. The van der Waals surface area contributed by atoms with Gasteiger partial charge >= 0.3 is 5.97 Å². The maximum atomic E-state index is 12.4. The summed E-state index contributed by atoms with van der Waals surface area (Å²) in [7, 11) is 3.10. The maximum Gasteiger partial charge on any atom is 0.339 e.